The van der Waals surface area contributed by atoms with Crippen LogP contribution in [-0.2, 0) is 0 Å². The first kappa shape index (κ1) is 8.90. The lowest BCUT2D eigenvalue weighted by molar-refractivity contribution is 0.273. The average Bonchev–Trinajstić information content (AvgIpc) is 1.94. The molecular weight excluding hydrogens is 131 g/mol. The lowest BCUT2D eigenvalue weighted by atomic mass is 9.75. The van der Waals surface area contributed by atoms with Gasteiger partial charge in [0.25, 0.3) is 0 Å². The zero-order chi connectivity index (χ0) is 8.10. The van der Waals surface area contributed by atoms with Gasteiger partial charge in [-0.3, -0.25) is 0 Å². The summed E-state index contributed by atoms with van der Waals surface area (Å²) >= 11 is 0. The zero-order valence-corrected chi connectivity index (χ0v) is 7.84. The summed E-state index contributed by atoms with van der Waals surface area (Å²) in [6.07, 6.45) is 11.8. The van der Waals surface area contributed by atoms with Crippen LogP contribution in [-0.4, -0.2) is 7.85 Å². The number of rotatable bonds is 4. The Labute approximate surface area is 71.5 Å². The molecular formula is C10H19B. The van der Waals surface area contributed by atoms with Crippen molar-refractivity contribution in [1.82, 2.24) is 0 Å². The fourth-order valence-corrected chi connectivity index (χ4v) is 1.81. The van der Waals surface area contributed by atoms with Gasteiger partial charge < -0.3 is 0 Å². The van der Waals surface area contributed by atoms with E-state index in [0.29, 0.717) is 0 Å². The summed E-state index contributed by atoms with van der Waals surface area (Å²) in [6.45, 7) is 2.13. The summed E-state index contributed by atoms with van der Waals surface area (Å²) in [4.78, 5) is 0. The van der Waals surface area contributed by atoms with Crippen LogP contribution in [0.25, 0.3) is 0 Å². The molecule has 1 unspecified atom stereocenters. The summed E-state index contributed by atoms with van der Waals surface area (Å²) in [7, 11) is 2.29. The maximum atomic E-state index is 2.37. The molecule has 0 heterocycles. The van der Waals surface area contributed by atoms with Crippen LogP contribution in [0.15, 0.2) is 12.2 Å². The molecule has 0 aliphatic heterocycles. The molecule has 1 saturated carbocycles. The van der Waals surface area contributed by atoms with E-state index in [-0.39, 0.29) is 0 Å². The van der Waals surface area contributed by atoms with Gasteiger partial charge in [-0.15, -0.1) is 0 Å². The van der Waals surface area contributed by atoms with Crippen molar-refractivity contribution in [3.05, 3.63) is 12.2 Å². The van der Waals surface area contributed by atoms with Crippen LogP contribution in [0.3, 0.4) is 0 Å². The highest BCUT2D eigenvalue weighted by Crippen LogP contribution is 2.33. The molecule has 0 aromatic rings. The van der Waals surface area contributed by atoms with Crippen molar-refractivity contribution in [3.63, 3.8) is 0 Å². The third-order valence-electron chi connectivity index (χ3n) is 2.85. The number of hydrogen-bond donors (Lipinski definition) is 0. The van der Waals surface area contributed by atoms with Gasteiger partial charge in [0, 0.05) is 0 Å². The molecule has 0 N–H and O–H groups in total. The molecule has 0 nitrogen and oxygen atoms in total. The van der Waals surface area contributed by atoms with Gasteiger partial charge in [0.05, 0.1) is 0 Å². The molecule has 1 fully saturated rings. The first-order valence-corrected chi connectivity index (χ1v) is 4.99. The second kappa shape index (κ2) is 4.64. The van der Waals surface area contributed by atoms with E-state index in [4.69, 9.17) is 0 Å². The van der Waals surface area contributed by atoms with Gasteiger partial charge in [-0.2, -0.15) is 0 Å². The Bertz CT molecular complexity index is 125. The Morgan fingerprint density at radius 2 is 2.27 bits per heavy atom. The summed E-state index contributed by atoms with van der Waals surface area (Å²) in [5.41, 5.74) is 0. The zero-order valence-electron chi connectivity index (χ0n) is 7.84. The topological polar surface area (TPSA) is 0 Å². The van der Waals surface area contributed by atoms with Crippen LogP contribution in [0.1, 0.15) is 32.6 Å². The van der Waals surface area contributed by atoms with E-state index in [1.165, 1.54) is 32.0 Å². The predicted octanol–water partition coefficient (Wildman–Crippen LogP) is 2.42. The van der Waals surface area contributed by atoms with Gasteiger partial charge in [0.15, 0.2) is 0 Å². The molecule has 1 heteroatoms. The maximum absolute atomic E-state index is 2.37. The van der Waals surface area contributed by atoms with Crippen molar-refractivity contribution in [2.75, 3.05) is 0 Å². The van der Waals surface area contributed by atoms with E-state index in [1.807, 2.05) is 0 Å². The first-order valence-electron chi connectivity index (χ1n) is 4.99. The minimum atomic E-state index is 0.866. The Morgan fingerprint density at radius 3 is 2.64 bits per heavy atom. The first-order chi connectivity index (χ1) is 5.36. The molecule has 1 aliphatic rings. The third kappa shape index (κ3) is 2.73. The molecule has 0 aromatic heterocycles. The van der Waals surface area contributed by atoms with Crippen molar-refractivity contribution >= 4 is 7.85 Å². The van der Waals surface area contributed by atoms with Crippen LogP contribution >= 0.6 is 0 Å². The lowest BCUT2D eigenvalue weighted by Crippen LogP contribution is -2.14. The Morgan fingerprint density at radius 1 is 1.55 bits per heavy atom. The second-order valence-corrected chi connectivity index (χ2v) is 3.73. The molecule has 0 amide bonds. The molecule has 0 saturated heterocycles. The van der Waals surface area contributed by atoms with Crippen LogP contribution in [0.2, 0.25) is 6.32 Å². The van der Waals surface area contributed by atoms with Crippen LogP contribution in [0.5, 0.6) is 0 Å². The van der Waals surface area contributed by atoms with Crippen LogP contribution in [0.4, 0.5) is 0 Å². The maximum Gasteiger partial charge on any atom is 0.102 e. The minimum absolute atomic E-state index is 0.866. The normalized spacial score (nSPS) is 21.9. The molecule has 1 atom stereocenters. The Hall–Kier alpha value is -0.195. The van der Waals surface area contributed by atoms with Crippen molar-refractivity contribution < 1.29 is 0 Å². The average molecular weight is 150 g/mol. The fourth-order valence-electron chi connectivity index (χ4n) is 1.81. The van der Waals surface area contributed by atoms with Gasteiger partial charge in [-0.1, -0.05) is 37.7 Å². The van der Waals surface area contributed by atoms with Gasteiger partial charge in [0.2, 0.25) is 0 Å². The molecule has 1 aliphatic carbocycles. The number of allylic oxidation sites excluding steroid dienone is 2. The minimum Gasteiger partial charge on any atom is -0.0914 e. The van der Waals surface area contributed by atoms with E-state index in [1.54, 1.807) is 0 Å². The summed E-state index contributed by atoms with van der Waals surface area (Å²) in [5.74, 6) is 1.93. The van der Waals surface area contributed by atoms with E-state index in [9.17, 15) is 0 Å². The van der Waals surface area contributed by atoms with Crippen LogP contribution in [0, 0.1) is 11.8 Å². The van der Waals surface area contributed by atoms with Gasteiger partial charge in [-0.05, 0) is 25.2 Å². The van der Waals surface area contributed by atoms with E-state index in [2.05, 4.69) is 26.9 Å². The Balaban J connectivity index is 2.19. The second-order valence-electron chi connectivity index (χ2n) is 3.73. The van der Waals surface area contributed by atoms with Gasteiger partial charge in [-0.25, -0.2) is 0 Å². The van der Waals surface area contributed by atoms with Crippen molar-refractivity contribution in [2.45, 2.75) is 38.9 Å². The number of hydrogen-bond acceptors (Lipinski definition) is 0. The molecule has 0 radical (unpaired) electrons. The SMILES string of the molecule is BCC(C=CC)CC1CCC1. The predicted molar refractivity (Wildman–Crippen MR) is 53.6 cm³/mol. The highest BCUT2D eigenvalue weighted by atomic mass is 14.2. The quantitative estimate of drug-likeness (QED) is 0.426. The van der Waals surface area contributed by atoms with E-state index in [0.717, 1.165) is 11.8 Å². The molecule has 0 bridgehead atoms. The highest BCUT2D eigenvalue weighted by Gasteiger charge is 2.19. The molecule has 11 heavy (non-hydrogen) atoms. The van der Waals surface area contributed by atoms with Gasteiger partial charge in [0.1, 0.15) is 7.85 Å². The molecule has 1 rings (SSSR count). The van der Waals surface area contributed by atoms with Crippen molar-refractivity contribution in [1.29, 1.82) is 0 Å². The summed E-state index contributed by atoms with van der Waals surface area (Å²) in [5, 5.41) is 0. The van der Waals surface area contributed by atoms with Crippen molar-refractivity contribution in [2.24, 2.45) is 11.8 Å². The third-order valence-corrected chi connectivity index (χ3v) is 2.85. The largest absolute Gasteiger partial charge is 0.102 e. The van der Waals surface area contributed by atoms with Crippen LogP contribution < -0.4 is 0 Å². The molecule has 0 aromatic carbocycles. The fraction of sp³-hybridized carbons (Fsp3) is 0.800. The lowest BCUT2D eigenvalue weighted by Gasteiger charge is -2.28. The Kier molecular flexibility index (Phi) is 3.75. The molecule has 62 valence electrons. The highest BCUT2D eigenvalue weighted by molar-refractivity contribution is 6.08. The van der Waals surface area contributed by atoms with Crippen molar-refractivity contribution in [3.8, 4) is 0 Å². The van der Waals surface area contributed by atoms with E-state index >= 15 is 0 Å². The van der Waals surface area contributed by atoms with E-state index < -0.39 is 0 Å². The van der Waals surface area contributed by atoms with Gasteiger partial charge >= 0.3 is 0 Å². The summed E-state index contributed by atoms with van der Waals surface area (Å²) < 4.78 is 0. The standard InChI is InChI=1S/C10H19B/c1-2-4-10(8-11)7-9-5-3-6-9/h2,4,9-10H,3,5-8,11H2,1H3. The monoisotopic (exact) mass is 150 g/mol. The molecule has 0 spiro atoms. The summed E-state index contributed by atoms with van der Waals surface area (Å²) in [6, 6.07) is 0. The smallest absolute Gasteiger partial charge is 0.0914 e.